The maximum Gasteiger partial charge on any atom is 0.453 e. The summed E-state index contributed by atoms with van der Waals surface area (Å²) in [6, 6.07) is 11.6. The Hall–Kier alpha value is -3.90. The molecule has 1 aliphatic rings. The lowest BCUT2D eigenvalue weighted by Gasteiger charge is -2.29. The second-order valence-corrected chi connectivity index (χ2v) is 12.5. The van der Waals surface area contributed by atoms with Gasteiger partial charge in [-0.1, -0.05) is 54.2 Å². The molecule has 0 saturated carbocycles. The third-order valence-electron chi connectivity index (χ3n) is 7.79. The molecule has 2 aromatic carbocycles. The molecular weight excluding hydrogens is 635 g/mol. The van der Waals surface area contributed by atoms with Gasteiger partial charge in [-0.3, -0.25) is 4.79 Å². The number of rotatable bonds is 11. The van der Waals surface area contributed by atoms with E-state index in [1.54, 1.807) is 38.1 Å². The number of nitrogens with zero attached hydrogens (tertiary/aromatic N) is 3. The van der Waals surface area contributed by atoms with Crippen LogP contribution in [0.2, 0.25) is 5.02 Å². The van der Waals surface area contributed by atoms with E-state index >= 15 is 0 Å². The number of aldehydes is 2. The fraction of sp³-hybridized carbons (Fsp3) is 0.281. The number of allylic oxidation sites excluding steroid dienone is 3. The van der Waals surface area contributed by atoms with Gasteiger partial charge in [0.15, 0.2) is 6.54 Å². The SMILES string of the molecule is C=C(S/C(C)=C(\C)c1ccc(C=O)cc1)C(C)(C=O)c1c(C)nc(C2=[N+](CCC(F)(F)C(F)(F)F)c3cc(Cl)ccc32)nc1N. The lowest BCUT2D eigenvalue weighted by atomic mass is 9.82. The number of aryl methyl sites for hydroxylation is 1. The summed E-state index contributed by atoms with van der Waals surface area (Å²) < 4.78 is 67.6. The second kappa shape index (κ2) is 12.5. The fourth-order valence-electron chi connectivity index (χ4n) is 5.00. The highest BCUT2D eigenvalue weighted by Gasteiger charge is 2.58. The Bertz CT molecular complexity index is 1750. The van der Waals surface area contributed by atoms with Crippen molar-refractivity contribution in [3.8, 4) is 0 Å². The van der Waals surface area contributed by atoms with E-state index in [2.05, 4.69) is 16.5 Å². The number of fused-ring (bicyclic) bond motifs is 1. The number of nitrogens with two attached hydrogens (primary N) is 1. The molecule has 0 aliphatic carbocycles. The van der Waals surface area contributed by atoms with E-state index in [0.29, 0.717) is 33.7 Å². The molecule has 236 valence electrons. The van der Waals surface area contributed by atoms with Gasteiger partial charge in [0.1, 0.15) is 24.0 Å². The maximum absolute atomic E-state index is 13.8. The zero-order valence-electron chi connectivity index (χ0n) is 24.7. The first-order valence-corrected chi connectivity index (χ1v) is 14.7. The highest BCUT2D eigenvalue weighted by atomic mass is 35.5. The minimum atomic E-state index is -5.71. The molecule has 6 nitrogen and oxygen atoms in total. The standard InChI is InChI=1S/C32H29ClF5N4O2S/c1-17(22-8-6-21(15-43)7-9-22)19(3)45-20(4)30(5,16-44)26-18(2)40-29(41-28(26)39)27-24-11-10-23(33)14-25(24)42(27)13-12-31(34,35)32(36,37)38/h6-11,14-16H,4,12-13H2,1-3,5H3,(H2,39,40,41)/q+1/b19-17+. The van der Waals surface area contributed by atoms with E-state index in [4.69, 9.17) is 17.3 Å². The predicted molar refractivity (Wildman–Crippen MR) is 166 cm³/mol. The van der Waals surface area contributed by atoms with Crippen molar-refractivity contribution in [3.63, 3.8) is 0 Å². The molecular formula is C32H29ClF5N4O2S+. The normalized spacial score (nSPS) is 15.1. The molecule has 0 saturated heterocycles. The topological polar surface area (TPSA) is 89.0 Å². The Balaban J connectivity index is 1.70. The monoisotopic (exact) mass is 663 g/mol. The molecule has 0 spiro atoms. The van der Waals surface area contributed by atoms with E-state index in [9.17, 15) is 31.5 Å². The lowest BCUT2D eigenvalue weighted by molar-refractivity contribution is -0.462. The summed E-state index contributed by atoms with van der Waals surface area (Å²) >= 11 is 7.34. The minimum Gasteiger partial charge on any atom is -0.383 e. The van der Waals surface area contributed by atoms with E-state index in [1.165, 1.54) is 22.4 Å². The molecule has 45 heavy (non-hydrogen) atoms. The number of aromatic nitrogens is 2. The summed E-state index contributed by atoms with van der Waals surface area (Å²) in [5.74, 6) is -5.00. The number of anilines is 1. The number of thioether (sulfide) groups is 1. The summed E-state index contributed by atoms with van der Waals surface area (Å²) in [6.45, 7) is 10.5. The van der Waals surface area contributed by atoms with E-state index < -0.39 is 30.5 Å². The Kier molecular flexibility index (Phi) is 9.42. The summed E-state index contributed by atoms with van der Waals surface area (Å²) in [5, 5.41) is 0.266. The summed E-state index contributed by atoms with van der Waals surface area (Å²) in [7, 11) is 0. The van der Waals surface area contributed by atoms with Crippen LogP contribution in [0.15, 0.2) is 58.9 Å². The molecule has 1 aromatic heterocycles. The van der Waals surface area contributed by atoms with Crippen molar-refractivity contribution in [2.45, 2.75) is 51.6 Å². The number of alkyl halides is 5. The Morgan fingerprint density at radius 2 is 1.71 bits per heavy atom. The summed E-state index contributed by atoms with van der Waals surface area (Å²) in [6.07, 6.45) is -5.78. The highest BCUT2D eigenvalue weighted by Crippen LogP contribution is 2.45. The zero-order chi connectivity index (χ0) is 33.5. The van der Waals surface area contributed by atoms with Crippen LogP contribution in [0.4, 0.5) is 33.5 Å². The fourth-order valence-corrected chi connectivity index (χ4v) is 6.17. The van der Waals surface area contributed by atoms with Crippen molar-refractivity contribution in [1.29, 1.82) is 0 Å². The Labute approximate surface area is 265 Å². The molecule has 0 bridgehead atoms. The van der Waals surface area contributed by atoms with Crippen LogP contribution in [-0.4, -0.2) is 51.5 Å². The number of hydrogen-bond donors (Lipinski definition) is 1. The lowest BCUT2D eigenvalue weighted by Crippen LogP contribution is -2.41. The number of carbonyl (C=O) groups is 2. The molecule has 0 fully saturated rings. The van der Waals surface area contributed by atoms with Crippen molar-refractivity contribution in [2.24, 2.45) is 0 Å². The number of hydrogen-bond acceptors (Lipinski definition) is 6. The van der Waals surface area contributed by atoms with Crippen LogP contribution in [0.1, 0.15) is 65.8 Å². The molecule has 0 amide bonds. The Morgan fingerprint density at radius 3 is 2.27 bits per heavy atom. The first-order chi connectivity index (χ1) is 20.9. The van der Waals surface area contributed by atoms with Crippen LogP contribution < -0.4 is 5.73 Å². The molecule has 1 aliphatic heterocycles. The largest absolute Gasteiger partial charge is 0.453 e. The van der Waals surface area contributed by atoms with Crippen molar-refractivity contribution in [1.82, 2.24) is 9.97 Å². The predicted octanol–water partition coefficient (Wildman–Crippen LogP) is 8.07. The number of nitrogen functional groups attached to an aromatic ring is 1. The van der Waals surface area contributed by atoms with Crippen LogP contribution in [0.3, 0.4) is 0 Å². The number of benzene rings is 2. The van der Waals surface area contributed by atoms with E-state index in [-0.39, 0.29) is 27.9 Å². The first-order valence-electron chi connectivity index (χ1n) is 13.6. The highest BCUT2D eigenvalue weighted by molar-refractivity contribution is 8.07. The van der Waals surface area contributed by atoms with Gasteiger partial charge in [-0.05, 0) is 60.8 Å². The molecule has 2 heterocycles. The summed E-state index contributed by atoms with van der Waals surface area (Å²) in [4.78, 5) is 33.8. The van der Waals surface area contributed by atoms with Gasteiger partial charge in [0, 0.05) is 27.9 Å². The first kappa shape index (κ1) is 34.0. The van der Waals surface area contributed by atoms with Gasteiger partial charge in [0.25, 0.3) is 5.71 Å². The van der Waals surface area contributed by atoms with Gasteiger partial charge >= 0.3 is 12.1 Å². The maximum atomic E-state index is 13.8. The van der Waals surface area contributed by atoms with Gasteiger partial charge < -0.3 is 10.5 Å². The van der Waals surface area contributed by atoms with Gasteiger partial charge in [0.2, 0.25) is 11.5 Å². The van der Waals surface area contributed by atoms with Crippen LogP contribution in [0.5, 0.6) is 0 Å². The third-order valence-corrected chi connectivity index (χ3v) is 9.31. The van der Waals surface area contributed by atoms with Gasteiger partial charge in [-0.2, -0.15) is 26.5 Å². The van der Waals surface area contributed by atoms with Crippen molar-refractivity contribution in [2.75, 3.05) is 12.3 Å². The van der Waals surface area contributed by atoms with Crippen molar-refractivity contribution < 1.29 is 36.1 Å². The quantitative estimate of drug-likeness (QED) is 0.127. The van der Waals surface area contributed by atoms with E-state index in [0.717, 1.165) is 22.3 Å². The van der Waals surface area contributed by atoms with Crippen molar-refractivity contribution >= 4 is 58.7 Å². The average molecular weight is 664 g/mol. The number of carbonyl (C=O) groups excluding carboxylic acids is 2. The van der Waals surface area contributed by atoms with Crippen LogP contribution in [0, 0.1) is 6.92 Å². The van der Waals surface area contributed by atoms with E-state index in [1.807, 2.05) is 26.0 Å². The molecule has 1 atom stereocenters. The van der Waals surface area contributed by atoms with Crippen LogP contribution in [-0.2, 0) is 10.2 Å². The third kappa shape index (κ3) is 6.44. The second-order valence-electron chi connectivity index (χ2n) is 10.8. The smallest absolute Gasteiger partial charge is 0.383 e. The van der Waals surface area contributed by atoms with Crippen LogP contribution in [0.25, 0.3) is 5.57 Å². The molecule has 0 radical (unpaired) electrons. The molecule has 4 rings (SSSR count). The molecule has 1 unspecified atom stereocenters. The number of halogens is 6. The molecule has 3 aromatic rings. The summed E-state index contributed by atoms with van der Waals surface area (Å²) in [5.41, 5.74) is 9.01. The molecule has 2 N–H and O–H groups in total. The average Bonchev–Trinajstić information content (AvgIpc) is 2.96. The van der Waals surface area contributed by atoms with Gasteiger partial charge in [-0.15, -0.1) is 0 Å². The van der Waals surface area contributed by atoms with Gasteiger partial charge in [-0.25, -0.2) is 9.97 Å². The van der Waals surface area contributed by atoms with Gasteiger partial charge in [0.05, 0.1) is 11.8 Å². The Morgan fingerprint density at radius 1 is 1.07 bits per heavy atom. The molecule has 13 heteroatoms. The van der Waals surface area contributed by atoms with Crippen LogP contribution >= 0.6 is 23.4 Å². The van der Waals surface area contributed by atoms with Crippen molar-refractivity contribution in [3.05, 3.63) is 97.6 Å². The minimum absolute atomic E-state index is 0.00361. The zero-order valence-corrected chi connectivity index (χ0v) is 26.3.